The number of aromatic nitrogens is 1. The molecule has 0 atom stereocenters. The lowest BCUT2D eigenvalue weighted by atomic mass is 10.1. The second-order valence-electron chi connectivity index (χ2n) is 6.30. The van der Waals surface area contributed by atoms with Crippen LogP contribution in [0.2, 0.25) is 0 Å². The summed E-state index contributed by atoms with van der Waals surface area (Å²) >= 11 is 0. The summed E-state index contributed by atoms with van der Waals surface area (Å²) < 4.78 is 5.71. The Morgan fingerprint density at radius 2 is 1.85 bits per heavy atom. The molecule has 1 N–H and O–H groups in total. The van der Waals surface area contributed by atoms with E-state index in [9.17, 15) is 4.79 Å². The topological polar surface area (TPSA) is 51.2 Å². The van der Waals surface area contributed by atoms with Crippen molar-refractivity contribution in [3.8, 4) is 5.75 Å². The minimum atomic E-state index is -0.159. The second-order valence-corrected chi connectivity index (χ2v) is 6.30. The molecule has 1 aromatic heterocycles. The lowest BCUT2D eigenvalue weighted by molar-refractivity contribution is -0.111. The van der Waals surface area contributed by atoms with Gasteiger partial charge in [-0.2, -0.15) is 0 Å². The summed E-state index contributed by atoms with van der Waals surface area (Å²) in [5.74, 6) is 0.603. The molecule has 0 aliphatic carbocycles. The van der Waals surface area contributed by atoms with Gasteiger partial charge in [-0.1, -0.05) is 24.3 Å². The van der Waals surface area contributed by atoms with Gasteiger partial charge in [0.15, 0.2) is 0 Å². The summed E-state index contributed by atoms with van der Waals surface area (Å²) in [6.45, 7) is 4.50. The van der Waals surface area contributed by atoms with Crippen molar-refractivity contribution >= 4 is 17.7 Å². The fourth-order valence-electron chi connectivity index (χ4n) is 2.49. The molecule has 1 amide bonds. The number of aryl methyl sites for hydroxylation is 2. The molecule has 0 aliphatic heterocycles. The molecular weight excluding hydrogens is 336 g/mol. The van der Waals surface area contributed by atoms with E-state index in [1.807, 2.05) is 74.5 Å². The van der Waals surface area contributed by atoms with Crippen molar-refractivity contribution in [2.75, 3.05) is 5.32 Å². The van der Waals surface area contributed by atoms with Gasteiger partial charge in [0.25, 0.3) is 0 Å². The molecule has 3 rings (SSSR count). The van der Waals surface area contributed by atoms with Crippen molar-refractivity contribution in [2.45, 2.75) is 20.5 Å². The van der Waals surface area contributed by atoms with Gasteiger partial charge in [0.05, 0.1) is 5.69 Å². The van der Waals surface area contributed by atoms with Gasteiger partial charge in [0.2, 0.25) is 5.91 Å². The highest BCUT2D eigenvalue weighted by Crippen LogP contribution is 2.16. The Hall–Kier alpha value is -3.40. The number of rotatable bonds is 6. The standard InChI is InChI=1S/C23H22N2O2/c1-17-6-10-20(15-18(17)2)25-23(26)13-9-19-7-11-22(12-8-19)27-16-21-5-3-4-14-24-21/h3-15H,16H2,1-2H3,(H,25,26)/b13-9+. The highest BCUT2D eigenvalue weighted by atomic mass is 16.5. The van der Waals surface area contributed by atoms with Gasteiger partial charge in [-0.05, 0) is 73.0 Å². The van der Waals surface area contributed by atoms with Crippen molar-refractivity contribution in [3.05, 3.63) is 95.3 Å². The van der Waals surface area contributed by atoms with Gasteiger partial charge < -0.3 is 10.1 Å². The molecule has 3 aromatic rings. The predicted octanol–water partition coefficient (Wildman–Crippen LogP) is 4.93. The Morgan fingerprint density at radius 3 is 2.56 bits per heavy atom. The number of benzene rings is 2. The number of nitrogens with one attached hydrogen (secondary N) is 1. The zero-order valence-corrected chi connectivity index (χ0v) is 15.5. The van der Waals surface area contributed by atoms with E-state index in [-0.39, 0.29) is 5.91 Å². The molecule has 4 nitrogen and oxygen atoms in total. The van der Waals surface area contributed by atoms with Gasteiger partial charge in [-0.25, -0.2) is 0 Å². The predicted molar refractivity (Wildman–Crippen MR) is 109 cm³/mol. The van der Waals surface area contributed by atoms with E-state index in [4.69, 9.17) is 4.74 Å². The molecule has 27 heavy (non-hydrogen) atoms. The molecule has 0 fully saturated rings. The fraction of sp³-hybridized carbons (Fsp3) is 0.130. The lowest BCUT2D eigenvalue weighted by Gasteiger charge is -2.06. The molecule has 0 radical (unpaired) electrons. The number of ether oxygens (including phenoxy) is 1. The first-order valence-electron chi connectivity index (χ1n) is 8.79. The van der Waals surface area contributed by atoms with Crippen LogP contribution in [-0.4, -0.2) is 10.9 Å². The Labute approximate surface area is 159 Å². The van der Waals surface area contributed by atoms with Crippen molar-refractivity contribution in [3.63, 3.8) is 0 Å². The maximum absolute atomic E-state index is 12.1. The second kappa shape index (κ2) is 8.81. The van der Waals surface area contributed by atoms with Crippen molar-refractivity contribution in [2.24, 2.45) is 0 Å². The van der Waals surface area contributed by atoms with Crippen LogP contribution in [-0.2, 0) is 11.4 Å². The van der Waals surface area contributed by atoms with E-state index in [0.717, 1.165) is 28.3 Å². The summed E-state index contributed by atoms with van der Waals surface area (Å²) in [4.78, 5) is 16.3. The zero-order chi connectivity index (χ0) is 19.1. The van der Waals surface area contributed by atoms with Crippen LogP contribution < -0.4 is 10.1 Å². The molecule has 0 aliphatic rings. The van der Waals surface area contributed by atoms with Crippen molar-refractivity contribution in [1.29, 1.82) is 0 Å². The smallest absolute Gasteiger partial charge is 0.248 e. The highest BCUT2D eigenvalue weighted by Gasteiger charge is 2.00. The number of anilines is 1. The van der Waals surface area contributed by atoms with Crippen molar-refractivity contribution < 1.29 is 9.53 Å². The minimum Gasteiger partial charge on any atom is -0.487 e. The summed E-state index contributed by atoms with van der Waals surface area (Å²) in [6.07, 6.45) is 5.05. The first-order valence-corrected chi connectivity index (χ1v) is 8.79. The van der Waals surface area contributed by atoms with Crippen LogP contribution in [0.4, 0.5) is 5.69 Å². The molecule has 136 valence electrons. The zero-order valence-electron chi connectivity index (χ0n) is 15.5. The molecule has 1 heterocycles. The number of nitrogens with zero attached hydrogens (tertiary/aromatic N) is 1. The van der Waals surface area contributed by atoms with Crippen LogP contribution in [0.15, 0.2) is 72.9 Å². The quantitative estimate of drug-likeness (QED) is 0.636. The number of amides is 1. The van der Waals surface area contributed by atoms with Crippen LogP contribution in [0.25, 0.3) is 6.08 Å². The Morgan fingerprint density at radius 1 is 1.04 bits per heavy atom. The van der Waals surface area contributed by atoms with Crippen LogP contribution in [0, 0.1) is 13.8 Å². The first-order chi connectivity index (χ1) is 13.1. The van der Waals surface area contributed by atoms with Gasteiger partial charge >= 0.3 is 0 Å². The van der Waals surface area contributed by atoms with E-state index >= 15 is 0 Å². The molecule has 0 bridgehead atoms. The largest absolute Gasteiger partial charge is 0.487 e. The van der Waals surface area contributed by atoms with Gasteiger partial charge in [0, 0.05) is 18.0 Å². The SMILES string of the molecule is Cc1ccc(NC(=O)/C=C/c2ccc(OCc3ccccn3)cc2)cc1C. The molecule has 0 unspecified atom stereocenters. The van der Waals surface area contributed by atoms with Crippen LogP contribution >= 0.6 is 0 Å². The monoisotopic (exact) mass is 358 g/mol. The molecule has 0 spiro atoms. The molecule has 0 saturated carbocycles. The maximum Gasteiger partial charge on any atom is 0.248 e. The highest BCUT2D eigenvalue weighted by molar-refractivity contribution is 6.02. The Balaban J connectivity index is 1.53. The average molecular weight is 358 g/mol. The van der Waals surface area contributed by atoms with E-state index in [1.165, 1.54) is 11.6 Å². The molecule has 2 aromatic carbocycles. The van der Waals surface area contributed by atoms with Crippen LogP contribution in [0.3, 0.4) is 0 Å². The number of carbonyl (C=O) groups excluding carboxylic acids is 1. The van der Waals surface area contributed by atoms with E-state index in [0.29, 0.717) is 6.61 Å². The van der Waals surface area contributed by atoms with E-state index in [2.05, 4.69) is 10.3 Å². The summed E-state index contributed by atoms with van der Waals surface area (Å²) in [7, 11) is 0. The third-order valence-electron chi connectivity index (χ3n) is 4.19. The average Bonchev–Trinajstić information content (AvgIpc) is 2.69. The van der Waals surface area contributed by atoms with E-state index < -0.39 is 0 Å². The third-order valence-corrected chi connectivity index (χ3v) is 4.19. The number of hydrogen-bond acceptors (Lipinski definition) is 3. The Kier molecular flexibility index (Phi) is 6.00. The lowest BCUT2D eigenvalue weighted by Crippen LogP contribution is -2.07. The third kappa shape index (κ3) is 5.54. The number of carbonyl (C=O) groups is 1. The normalized spacial score (nSPS) is 10.7. The van der Waals surface area contributed by atoms with Crippen LogP contribution in [0.1, 0.15) is 22.4 Å². The van der Waals surface area contributed by atoms with Gasteiger partial charge in [0.1, 0.15) is 12.4 Å². The number of pyridine rings is 1. The van der Waals surface area contributed by atoms with Crippen molar-refractivity contribution in [1.82, 2.24) is 4.98 Å². The summed E-state index contributed by atoms with van der Waals surface area (Å²) in [6, 6.07) is 19.2. The van der Waals surface area contributed by atoms with E-state index in [1.54, 1.807) is 12.3 Å². The van der Waals surface area contributed by atoms with Gasteiger partial charge in [-0.15, -0.1) is 0 Å². The molecule has 0 saturated heterocycles. The number of hydrogen-bond donors (Lipinski definition) is 1. The molecule has 4 heteroatoms. The fourth-order valence-corrected chi connectivity index (χ4v) is 2.49. The summed E-state index contributed by atoms with van der Waals surface area (Å²) in [5.41, 5.74) is 4.96. The van der Waals surface area contributed by atoms with Crippen LogP contribution in [0.5, 0.6) is 5.75 Å². The Bertz CT molecular complexity index is 932. The first kappa shape index (κ1) is 18.4. The molecular formula is C23H22N2O2. The summed E-state index contributed by atoms with van der Waals surface area (Å²) in [5, 5.41) is 2.87. The minimum absolute atomic E-state index is 0.159. The maximum atomic E-state index is 12.1. The van der Waals surface area contributed by atoms with Gasteiger partial charge in [-0.3, -0.25) is 9.78 Å².